The van der Waals surface area contributed by atoms with Crippen molar-refractivity contribution in [3.63, 3.8) is 0 Å². The van der Waals surface area contributed by atoms with Gasteiger partial charge in [0.2, 0.25) is 0 Å². The molecular formula is C8H21NSi. The van der Waals surface area contributed by atoms with Crippen LogP contribution in [0.3, 0.4) is 0 Å². The molecule has 0 bridgehead atoms. The lowest BCUT2D eigenvalue weighted by molar-refractivity contribution is 0.847. The third-order valence-corrected chi connectivity index (χ3v) is 6.69. The highest BCUT2D eigenvalue weighted by Crippen LogP contribution is 2.14. The fourth-order valence-corrected chi connectivity index (χ4v) is 3.14. The van der Waals surface area contributed by atoms with Crippen LogP contribution in [-0.4, -0.2) is 15.3 Å². The smallest absolute Gasteiger partial charge is 0.122 e. The second kappa shape index (κ2) is 4.91. The molecule has 1 N–H and O–H groups in total. The monoisotopic (exact) mass is 159 g/mol. The first kappa shape index (κ1) is 10.2. The minimum absolute atomic E-state index is 0.968. The minimum Gasteiger partial charge on any atom is -0.340 e. The van der Waals surface area contributed by atoms with Gasteiger partial charge in [-0.2, -0.15) is 0 Å². The summed E-state index contributed by atoms with van der Waals surface area (Å²) in [5, 5.41) is 0. The maximum Gasteiger partial charge on any atom is 0.122 e. The van der Waals surface area contributed by atoms with Gasteiger partial charge in [0.25, 0.3) is 0 Å². The zero-order valence-electron chi connectivity index (χ0n) is 7.83. The lowest BCUT2D eigenvalue weighted by Crippen LogP contribution is -2.44. The van der Waals surface area contributed by atoms with Gasteiger partial charge in [-0.15, -0.1) is 0 Å². The standard InChI is InChI=1S/C8H21NSi/c1-5-7-8-10(4,6-2)9-3/h9H,5-8H2,1-4H3. The highest BCUT2D eigenvalue weighted by molar-refractivity contribution is 6.76. The lowest BCUT2D eigenvalue weighted by Gasteiger charge is -2.24. The molecular weight excluding hydrogens is 138 g/mol. The molecule has 0 heterocycles. The van der Waals surface area contributed by atoms with Crippen molar-refractivity contribution in [3.8, 4) is 0 Å². The largest absolute Gasteiger partial charge is 0.340 e. The second-order valence-electron chi connectivity index (χ2n) is 3.27. The SMILES string of the molecule is CCCC[Si](C)(CC)NC. The Balaban J connectivity index is 3.58. The Labute approximate surface area is 66.3 Å². The van der Waals surface area contributed by atoms with E-state index in [9.17, 15) is 0 Å². The third-order valence-electron chi connectivity index (χ3n) is 2.47. The Morgan fingerprint density at radius 2 is 1.90 bits per heavy atom. The van der Waals surface area contributed by atoms with Gasteiger partial charge < -0.3 is 4.98 Å². The van der Waals surface area contributed by atoms with Gasteiger partial charge in [0.15, 0.2) is 0 Å². The van der Waals surface area contributed by atoms with Gasteiger partial charge in [-0.3, -0.25) is 0 Å². The minimum atomic E-state index is -0.968. The normalized spacial score (nSPS) is 16.8. The van der Waals surface area contributed by atoms with Gasteiger partial charge in [0, 0.05) is 0 Å². The molecule has 0 saturated heterocycles. The molecule has 62 valence electrons. The Morgan fingerprint density at radius 1 is 1.30 bits per heavy atom. The van der Waals surface area contributed by atoms with E-state index in [0.717, 1.165) is 0 Å². The van der Waals surface area contributed by atoms with Crippen LogP contribution in [-0.2, 0) is 0 Å². The van der Waals surface area contributed by atoms with E-state index in [1.807, 2.05) is 0 Å². The van der Waals surface area contributed by atoms with Gasteiger partial charge in [-0.05, 0) is 19.1 Å². The van der Waals surface area contributed by atoms with E-state index in [1.54, 1.807) is 0 Å². The number of rotatable bonds is 5. The molecule has 0 aromatic carbocycles. The summed E-state index contributed by atoms with van der Waals surface area (Å²) < 4.78 is 0. The van der Waals surface area contributed by atoms with Crippen LogP contribution in [0.1, 0.15) is 26.7 Å². The summed E-state index contributed by atoms with van der Waals surface area (Å²) in [4.78, 5) is 3.50. The fourth-order valence-electron chi connectivity index (χ4n) is 1.05. The average molecular weight is 159 g/mol. The molecule has 1 nitrogen and oxygen atoms in total. The van der Waals surface area contributed by atoms with E-state index < -0.39 is 8.24 Å². The summed E-state index contributed by atoms with van der Waals surface area (Å²) in [5.74, 6) is 0. The molecule has 0 rings (SSSR count). The van der Waals surface area contributed by atoms with Gasteiger partial charge in [-0.1, -0.05) is 33.2 Å². The summed E-state index contributed by atoms with van der Waals surface area (Å²) in [5.41, 5.74) is 0. The van der Waals surface area contributed by atoms with Crippen LogP contribution in [0, 0.1) is 0 Å². The molecule has 0 aliphatic carbocycles. The molecule has 0 aliphatic heterocycles. The van der Waals surface area contributed by atoms with Crippen molar-refractivity contribution in [2.75, 3.05) is 7.05 Å². The molecule has 0 saturated carbocycles. The van der Waals surface area contributed by atoms with Crippen LogP contribution in [0.5, 0.6) is 0 Å². The molecule has 10 heavy (non-hydrogen) atoms. The Bertz CT molecular complexity index is 79.3. The van der Waals surface area contributed by atoms with Crippen LogP contribution in [0.15, 0.2) is 0 Å². The number of hydrogen-bond acceptors (Lipinski definition) is 1. The summed E-state index contributed by atoms with van der Waals surface area (Å²) >= 11 is 0. The molecule has 0 fully saturated rings. The predicted molar refractivity (Wildman–Crippen MR) is 50.9 cm³/mol. The first-order valence-corrected chi connectivity index (χ1v) is 7.29. The Kier molecular flexibility index (Phi) is 5.00. The number of unbranched alkanes of at least 4 members (excludes halogenated alkanes) is 1. The third kappa shape index (κ3) is 3.37. The maximum atomic E-state index is 3.50. The quantitative estimate of drug-likeness (QED) is 0.608. The van der Waals surface area contributed by atoms with Crippen LogP contribution >= 0.6 is 0 Å². The summed E-state index contributed by atoms with van der Waals surface area (Å²) in [6.07, 6.45) is 2.74. The molecule has 0 aliphatic rings. The van der Waals surface area contributed by atoms with Crippen LogP contribution in [0.4, 0.5) is 0 Å². The summed E-state index contributed by atoms with van der Waals surface area (Å²) in [7, 11) is 1.15. The van der Waals surface area contributed by atoms with Crippen molar-refractivity contribution in [2.45, 2.75) is 45.3 Å². The van der Waals surface area contributed by atoms with Gasteiger partial charge in [-0.25, -0.2) is 0 Å². The first-order chi connectivity index (χ1) is 4.68. The first-order valence-electron chi connectivity index (χ1n) is 4.37. The van der Waals surface area contributed by atoms with E-state index in [1.165, 1.54) is 24.9 Å². The van der Waals surface area contributed by atoms with Crippen LogP contribution in [0.2, 0.25) is 18.6 Å². The predicted octanol–water partition coefficient (Wildman–Crippen LogP) is 2.60. The topological polar surface area (TPSA) is 12.0 Å². The molecule has 0 radical (unpaired) electrons. The van der Waals surface area contributed by atoms with Crippen molar-refractivity contribution >= 4 is 8.24 Å². The van der Waals surface area contributed by atoms with Gasteiger partial charge in [0.05, 0.1) is 0 Å². The number of nitrogens with one attached hydrogen (secondary N) is 1. The maximum absolute atomic E-state index is 3.50. The van der Waals surface area contributed by atoms with Crippen molar-refractivity contribution in [1.82, 2.24) is 4.98 Å². The van der Waals surface area contributed by atoms with Crippen LogP contribution < -0.4 is 4.98 Å². The van der Waals surface area contributed by atoms with E-state index >= 15 is 0 Å². The van der Waals surface area contributed by atoms with E-state index in [4.69, 9.17) is 0 Å². The van der Waals surface area contributed by atoms with Crippen molar-refractivity contribution in [2.24, 2.45) is 0 Å². The van der Waals surface area contributed by atoms with Crippen molar-refractivity contribution < 1.29 is 0 Å². The van der Waals surface area contributed by atoms with Crippen LogP contribution in [0.25, 0.3) is 0 Å². The Hall–Kier alpha value is 0.177. The lowest BCUT2D eigenvalue weighted by atomic mass is 10.4. The fraction of sp³-hybridized carbons (Fsp3) is 1.00. The molecule has 0 spiro atoms. The molecule has 1 atom stereocenters. The van der Waals surface area contributed by atoms with Gasteiger partial charge in [0.1, 0.15) is 8.24 Å². The van der Waals surface area contributed by atoms with Gasteiger partial charge >= 0.3 is 0 Å². The molecule has 0 amide bonds. The van der Waals surface area contributed by atoms with Crippen molar-refractivity contribution in [3.05, 3.63) is 0 Å². The second-order valence-corrected chi connectivity index (χ2v) is 8.10. The van der Waals surface area contributed by atoms with Crippen molar-refractivity contribution in [1.29, 1.82) is 0 Å². The highest BCUT2D eigenvalue weighted by atomic mass is 28.3. The highest BCUT2D eigenvalue weighted by Gasteiger charge is 2.20. The van der Waals surface area contributed by atoms with E-state index in [0.29, 0.717) is 0 Å². The molecule has 0 aromatic rings. The zero-order chi connectivity index (χ0) is 8.04. The Morgan fingerprint density at radius 3 is 2.20 bits per heavy atom. The molecule has 1 unspecified atom stereocenters. The summed E-state index contributed by atoms with van der Waals surface area (Å²) in [6.45, 7) is 7.00. The van der Waals surface area contributed by atoms with E-state index in [2.05, 4.69) is 32.4 Å². The summed E-state index contributed by atoms with van der Waals surface area (Å²) in [6, 6.07) is 2.81. The molecule has 2 heteroatoms. The zero-order valence-corrected chi connectivity index (χ0v) is 8.83. The van der Waals surface area contributed by atoms with E-state index in [-0.39, 0.29) is 0 Å². The number of hydrogen-bond donors (Lipinski definition) is 1. The molecule has 0 aromatic heterocycles. The average Bonchev–Trinajstić information content (AvgIpc) is 2.00.